The van der Waals surface area contributed by atoms with E-state index in [1.54, 1.807) is 23.0 Å². The van der Waals surface area contributed by atoms with Gasteiger partial charge in [0.15, 0.2) is 0 Å². The van der Waals surface area contributed by atoms with Gasteiger partial charge in [0.1, 0.15) is 28.6 Å². The molecule has 10 nitrogen and oxygen atoms in total. The molecule has 0 saturated heterocycles. The number of carbonyl (C=O) groups is 2. The number of fused-ring (bicyclic) bond motifs is 1. The smallest absolute Gasteiger partial charge is 0.255 e. The summed E-state index contributed by atoms with van der Waals surface area (Å²) in [6, 6.07) is 7.18. The minimum Gasteiger partial charge on any atom is -0.496 e. The van der Waals surface area contributed by atoms with Gasteiger partial charge in [-0.1, -0.05) is 12.1 Å². The third-order valence-corrected chi connectivity index (χ3v) is 5.49. The molecule has 2 heterocycles. The fourth-order valence-electron chi connectivity index (χ4n) is 3.85. The normalized spacial score (nSPS) is 11.2. The van der Waals surface area contributed by atoms with Crippen LogP contribution < -0.4 is 21.5 Å². The Morgan fingerprint density at radius 1 is 1.26 bits per heavy atom. The van der Waals surface area contributed by atoms with E-state index in [0.29, 0.717) is 22.2 Å². The molecule has 0 fully saturated rings. The van der Waals surface area contributed by atoms with Gasteiger partial charge in [0, 0.05) is 23.5 Å². The number of carbonyl (C=O) groups excluding carboxylic acids is 2. The summed E-state index contributed by atoms with van der Waals surface area (Å²) >= 11 is 0. The van der Waals surface area contributed by atoms with Crippen LogP contribution in [-0.4, -0.2) is 38.9 Å². The van der Waals surface area contributed by atoms with Gasteiger partial charge in [0.05, 0.1) is 24.4 Å². The number of H-pyrrole nitrogens is 1. The van der Waals surface area contributed by atoms with E-state index in [1.807, 2.05) is 13.8 Å². The SMILES string of the molecule is COc1ccc(F)cc1C(=O)NCc1ccc(-c2nn(C(C)C)c(N)c2C(N)=O)c2cn[nH]c12. The lowest BCUT2D eigenvalue weighted by Gasteiger charge is -2.11. The lowest BCUT2D eigenvalue weighted by atomic mass is 10.0. The summed E-state index contributed by atoms with van der Waals surface area (Å²) in [5, 5.41) is 15.0. The molecule has 0 radical (unpaired) electrons. The summed E-state index contributed by atoms with van der Waals surface area (Å²) in [5.41, 5.74) is 14.3. The Morgan fingerprint density at radius 2 is 2.03 bits per heavy atom. The second-order valence-corrected chi connectivity index (χ2v) is 7.97. The minimum absolute atomic E-state index is 0.0824. The topological polar surface area (TPSA) is 154 Å². The van der Waals surface area contributed by atoms with E-state index in [2.05, 4.69) is 20.6 Å². The van der Waals surface area contributed by atoms with Crippen molar-refractivity contribution >= 4 is 28.5 Å². The average Bonchev–Trinajstić information content (AvgIpc) is 3.42. The predicted octanol–water partition coefficient (Wildman–Crippen LogP) is 2.77. The highest BCUT2D eigenvalue weighted by atomic mass is 19.1. The Hall–Kier alpha value is -4.41. The van der Waals surface area contributed by atoms with E-state index < -0.39 is 17.6 Å². The number of methoxy groups -OCH3 is 1. The van der Waals surface area contributed by atoms with Crippen LogP contribution in [-0.2, 0) is 6.54 Å². The van der Waals surface area contributed by atoms with E-state index in [1.165, 1.54) is 19.2 Å². The minimum atomic E-state index is -0.684. The van der Waals surface area contributed by atoms with Gasteiger partial charge >= 0.3 is 0 Å². The number of hydrogen-bond acceptors (Lipinski definition) is 6. The van der Waals surface area contributed by atoms with Crippen molar-refractivity contribution in [3.8, 4) is 17.0 Å². The third-order valence-electron chi connectivity index (χ3n) is 5.49. The first kappa shape index (κ1) is 22.8. The summed E-state index contributed by atoms with van der Waals surface area (Å²) in [5.74, 6) is -1.27. The number of benzene rings is 2. The summed E-state index contributed by atoms with van der Waals surface area (Å²) in [6.45, 7) is 3.91. The number of hydrogen-bond donors (Lipinski definition) is 4. The molecule has 34 heavy (non-hydrogen) atoms. The number of rotatable bonds is 7. The molecule has 2 aromatic carbocycles. The van der Waals surface area contributed by atoms with E-state index in [9.17, 15) is 14.0 Å². The molecule has 0 atom stereocenters. The van der Waals surface area contributed by atoms with Crippen LogP contribution in [0, 0.1) is 5.82 Å². The number of primary amides is 1. The number of nitrogens with zero attached hydrogens (tertiary/aromatic N) is 3. The Labute approximate surface area is 194 Å². The van der Waals surface area contributed by atoms with Crippen LogP contribution in [0.4, 0.5) is 10.2 Å². The molecule has 2 aromatic heterocycles. The van der Waals surface area contributed by atoms with Crippen LogP contribution in [0.25, 0.3) is 22.2 Å². The van der Waals surface area contributed by atoms with Gasteiger partial charge in [0.2, 0.25) is 0 Å². The van der Waals surface area contributed by atoms with Gasteiger partial charge in [-0.05, 0) is 37.6 Å². The number of amides is 2. The molecule has 0 bridgehead atoms. The molecule has 6 N–H and O–H groups in total. The highest BCUT2D eigenvalue weighted by Gasteiger charge is 2.25. The summed E-state index contributed by atoms with van der Waals surface area (Å²) in [7, 11) is 1.41. The zero-order valence-corrected chi connectivity index (χ0v) is 18.8. The van der Waals surface area contributed by atoms with Crippen molar-refractivity contribution in [2.24, 2.45) is 5.73 Å². The standard InChI is InChI=1S/C23H24FN7O3/c1-11(2)31-21(25)18(22(26)32)20(30-31)14-6-4-12(19-16(14)10-28-29-19)9-27-23(33)15-8-13(24)5-7-17(15)34-3/h4-8,10-11H,9,25H2,1-3H3,(H2,26,32)(H,27,33)(H,28,29). The van der Waals surface area contributed by atoms with Crippen LogP contribution in [0.5, 0.6) is 5.75 Å². The molecule has 4 aromatic rings. The van der Waals surface area contributed by atoms with Gasteiger partial charge in [-0.2, -0.15) is 10.2 Å². The Balaban J connectivity index is 1.70. The van der Waals surface area contributed by atoms with E-state index in [0.717, 1.165) is 11.6 Å². The first-order valence-corrected chi connectivity index (χ1v) is 10.5. The van der Waals surface area contributed by atoms with Crippen molar-refractivity contribution in [1.29, 1.82) is 0 Å². The van der Waals surface area contributed by atoms with Crippen molar-refractivity contribution in [2.45, 2.75) is 26.4 Å². The third kappa shape index (κ3) is 3.91. The van der Waals surface area contributed by atoms with Crippen LogP contribution >= 0.6 is 0 Å². The van der Waals surface area contributed by atoms with Crippen LogP contribution in [0.2, 0.25) is 0 Å². The Morgan fingerprint density at radius 3 is 2.71 bits per heavy atom. The predicted molar refractivity (Wildman–Crippen MR) is 125 cm³/mol. The molecular weight excluding hydrogens is 441 g/mol. The molecular formula is C23H24FN7O3. The fraction of sp³-hybridized carbons (Fsp3) is 0.217. The van der Waals surface area contributed by atoms with Crippen LogP contribution in [0.1, 0.15) is 46.2 Å². The molecule has 0 saturated carbocycles. The van der Waals surface area contributed by atoms with Crippen LogP contribution in [0.15, 0.2) is 36.5 Å². The Kier molecular flexibility index (Phi) is 5.93. The second kappa shape index (κ2) is 8.85. The largest absolute Gasteiger partial charge is 0.496 e. The molecule has 176 valence electrons. The quantitative estimate of drug-likeness (QED) is 0.329. The molecule has 0 aliphatic heterocycles. The summed E-state index contributed by atoms with van der Waals surface area (Å²) in [4.78, 5) is 24.8. The van der Waals surface area contributed by atoms with Crippen molar-refractivity contribution in [3.63, 3.8) is 0 Å². The van der Waals surface area contributed by atoms with E-state index >= 15 is 0 Å². The number of nitrogens with two attached hydrogens (primary N) is 2. The maximum Gasteiger partial charge on any atom is 0.255 e. The van der Waals surface area contributed by atoms with Crippen molar-refractivity contribution < 1.29 is 18.7 Å². The summed E-state index contributed by atoms with van der Waals surface area (Å²) in [6.07, 6.45) is 1.60. The van der Waals surface area contributed by atoms with Gasteiger partial charge in [0.25, 0.3) is 11.8 Å². The number of aromatic nitrogens is 4. The van der Waals surface area contributed by atoms with Crippen LogP contribution in [0.3, 0.4) is 0 Å². The summed E-state index contributed by atoms with van der Waals surface area (Å²) < 4.78 is 20.3. The van der Waals surface area contributed by atoms with Gasteiger partial charge in [-0.15, -0.1) is 0 Å². The zero-order chi connectivity index (χ0) is 24.6. The molecule has 2 amide bonds. The maximum absolute atomic E-state index is 13.7. The van der Waals surface area contributed by atoms with Gasteiger partial charge in [-0.25, -0.2) is 9.07 Å². The van der Waals surface area contributed by atoms with Gasteiger partial charge in [-0.3, -0.25) is 14.7 Å². The van der Waals surface area contributed by atoms with Crippen molar-refractivity contribution in [3.05, 3.63) is 59.0 Å². The van der Waals surface area contributed by atoms with Crippen molar-refractivity contribution in [1.82, 2.24) is 25.3 Å². The van der Waals surface area contributed by atoms with Crippen molar-refractivity contribution in [2.75, 3.05) is 12.8 Å². The molecule has 0 aliphatic rings. The number of ether oxygens (including phenoxy) is 1. The lowest BCUT2D eigenvalue weighted by molar-refractivity contribution is 0.0946. The second-order valence-electron chi connectivity index (χ2n) is 7.97. The van der Waals surface area contributed by atoms with Gasteiger partial charge < -0.3 is 21.5 Å². The monoisotopic (exact) mass is 465 g/mol. The number of halogens is 1. The fourth-order valence-corrected chi connectivity index (χ4v) is 3.85. The molecule has 0 aliphatic carbocycles. The maximum atomic E-state index is 13.7. The average molecular weight is 465 g/mol. The number of aromatic amines is 1. The zero-order valence-electron chi connectivity index (χ0n) is 18.8. The van der Waals surface area contributed by atoms with E-state index in [-0.39, 0.29) is 35.3 Å². The highest BCUT2D eigenvalue weighted by Crippen LogP contribution is 2.34. The highest BCUT2D eigenvalue weighted by molar-refractivity contribution is 6.07. The molecule has 0 unspecified atom stereocenters. The molecule has 4 rings (SSSR count). The molecule has 11 heteroatoms. The number of anilines is 1. The first-order valence-electron chi connectivity index (χ1n) is 10.5. The molecule has 0 spiro atoms. The van der Waals surface area contributed by atoms with E-state index in [4.69, 9.17) is 16.2 Å². The number of nitrogen functional groups attached to an aromatic ring is 1. The first-order chi connectivity index (χ1) is 16.2. The lowest BCUT2D eigenvalue weighted by Crippen LogP contribution is -2.23. The number of nitrogens with one attached hydrogen (secondary N) is 2. The Bertz CT molecular complexity index is 1410.